The van der Waals surface area contributed by atoms with E-state index in [-0.39, 0.29) is 5.02 Å². The molecular formula is C16H17ClFNO. The Labute approximate surface area is 123 Å². The summed E-state index contributed by atoms with van der Waals surface area (Å²) in [6.45, 7) is 4.97. The molecule has 0 radical (unpaired) electrons. The molecule has 0 saturated heterocycles. The molecule has 0 unspecified atom stereocenters. The van der Waals surface area contributed by atoms with Crippen LogP contribution in [-0.4, -0.2) is 6.04 Å². The Morgan fingerprint density at radius 2 is 1.90 bits per heavy atom. The van der Waals surface area contributed by atoms with Gasteiger partial charge >= 0.3 is 0 Å². The van der Waals surface area contributed by atoms with Crippen molar-refractivity contribution < 1.29 is 9.13 Å². The smallest absolute Gasteiger partial charge is 0.142 e. The summed E-state index contributed by atoms with van der Waals surface area (Å²) in [5, 5.41) is 3.40. The highest BCUT2D eigenvalue weighted by Gasteiger charge is 2.04. The molecule has 4 heteroatoms. The molecule has 2 aromatic rings. The van der Waals surface area contributed by atoms with Crippen molar-refractivity contribution in [3.8, 4) is 11.5 Å². The van der Waals surface area contributed by atoms with Crippen LogP contribution in [-0.2, 0) is 6.54 Å². The molecule has 0 heterocycles. The molecule has 0 spiro atoms. The summed E-state index contributed by atoms with van der Waals surface area (Å²) in [5.41, 5.74) is 1.13. The molecule has 2 nitrogen and oxygen atoms in total. The van der Waals surface area contributed by atoms with Gasteiger partial charge in [0.1, 0.15) is 17.3 Å². The highest BCUT2D eigenvalue weighted by molar-refractivity contribution is 6.30. The minimum Gasteiger partial charge on any atom is -0.457 e. The fourth-order valence-electron chi connectivity index (χ4n) is 1.72. The number of ether oxygens (including phenoxy) is 1. The van der Waals surface area contributed by atoms with Crippen LogP contribution in [0.15, 0.2) is 42.5 Å². The van der Waals surface area contributed by atoms with Gasteiger partial charge in [-0.3, -0.25) is 0 Å². The summed E-state index contributed by atoms with van der Waals surface area (Å²) >= 11 is 5.73. The summed E-state index contributed by atoms with van der Waals surface area (Å²) < 4.78 is 18.8. The van der Waals surface area contributed by atoms with E-state index in [0.717, 1.165) is 12.1 Å². The second kappa shape index (κ2) is 6.73. The molecule has 0 amide bonds. The second-order valence-corrected chi connectivity index (χ2v) is 5.27. The van der Waals surface area contributed by atoms with Gasteiger partial charge in [-0.05, 0) is 29.8 Å². The topological polar surface area (TPSA) is 21.3 Å². The van der Waals surface area contributed by atoms with Crippen LogP contribution < -0.4 is 10.1 Å². The molecule has 106 valence electrons. The van der Waals surface area contributed by atoms with E-state index in [9.17, 15) is 4.39 Å². The van der Waals surface area contributed by atoms with Crippen LogP contribution in [0.25, 0.3) is 0 Å². The lowest BCUT2D eigenvalue weighted by molar-refractivity contribution is 0.479. The first kappa shape index (κ1) is 14.8. The number of benzene rings is 2. The normalized spacial score (nSPS) is 10.8. The molecule has 2 aromatic carbocycles. The fraction of sp³-hybridized carbons (Fsp3) is 0.250. The highest BCUT2D eigenvalue weighted by Crippen LogP contribution is 2.26. The standard InChI is InChI=1S/C16H17ClFNO/c1-11(2)19-10-12-4-3-5-13(8-12)20-14-6-7-16(18)15(17)9-14/h3-9,11,19H,10H2,1-2H3. The van der Waals surface area contributed by atoms with Crippen molar-refractivity contribution in [3.63, 3.8) is 0 Å². The highest BCUT2D eigenvalue weighted by atomic mass is 35.5. The minimum atomic E-state index is -0.450. The molecular weight excluding hydrogens is 277 g/mol. The van der Waals surface area contributed by atoms with Crippen LogP contribution >= 0.6 is 11.6 Å². The Kier molecular flexibility index (Phi) is 4.99. The molecule has 0 fully saturated rings. The van der Waals surface area contributed by atoms with Crippen molar-refractivity contribution in [2.75, 3.05) is 0 Å². The van der Waals surface area contributed by atoms with E-state index >= 15 is 0 Å². The second-order valence-electron chi connectivity index (χ2n) is 4.86. The maximum absolute atomic E-state index is 13.1. The summed E-state index contributed by atoms with van der Waals surface area (Å²) in [6, 6.07) is 12.5. The van der Waals surface area contributed by atoms with Gasteiger partial charge in [-0.2, -0.15) is 0 Å². The van der Waals surface area contributed by atoms with Gasteiger partial charge in [0.2, 0.25) is 0 Å². The summed E-state index contributed by atoms with van der Waals surface area (Å²) in [6.07, 6.45) is 0. The van der Waals surface area contributed by atoms with Gasteiger partial charge in [-0.25, -0.2) is 4.39 Å². The lowest BCUT2D eigenvalue weighted by Gasteiger charge is -2.10. The molecule has 1 N–H and O–H groups in total. The first-order valence-corrected chi connectivity index (χ1v) is 6.87. The molecule has 0 atom stereocenters. The number of nitrogens with one attached hydrogen (secondary N) is 1. The quantitative estimate of drug-likeness (QED) is 0.857. The Morgan fingerprint density at radius 3 is 2.60 bits per heavy atom. The van der Waals surface area contributed by atoms with E-state index < -0.39 is 5.82 Å². The van der Waals surface area contributed by atoms with E-state index in [1.165, 1.54) is 12.1 Å². The van der Waals surface area contributed by atoms with E-state index in [1.807, 2.05) is 24.3 Å². The van der Waals surface area contributed by atoms with Crippen molar-refractivity contribution in [2.24, 2.45) is 0 Å². The molecule has 20 heavy (non-hydrogen) atoms. The predicted molar refractivity (Wildman–Crippen MR) is 79.9 cm³/mol. The lowest BCUT2D eigenvalue weighted by Crippen LogP contribution is -2.21. The van der Waals surface area contributed by atoms with Gasteiger partial charge in [-0.1, -0.05) is 37.6 Å². The first-order valence-electron chi connectivity index (χ1n) is 6.50. The average molecular weight is 294 g/mol. The van der Waals surface area contributed by atoms with Crippen LogP contribution in [0.5, 0.6) is 11.5 Å². The molecule has 0 saturated carbocycles. The van der Waals surface area contributed by atoms with Crippen molar-refractivity contribution in [1.29, 1.82) is 0 Å². The third-order valence-corrected chi connectivity index (χ3v) is 3.03. The number of hydrogen-bond acceptors (Lipinski definition) is 2. The third-order valence-electron chi connectivity index (χ3n) is 2.74. The fourth-order valence-corrected chi connectivity index (χ4v) is 1.89. The Balaban J connectivity index is 2.08. The zero-order valence-corrected chi connectivity index (χ0v) is 12.2. The van der Waals surface area contributed by atoms with Crippen molar-refractivity contribution in [3.05, 3.63) is 58.9 Å². The molecule has 0 aliphatic carbocycles. The third kappa shape index (κ3) is 4.22. The molecule has 0 aromatic heterocycles. The number of halogens is 2. The summed E-state index contributed by atoms with van der Waals surface area (Å²) in [4.78, 5) is 0. The number of hydrogen-bond donors (Lipinski definition) is 1. The minimum absolute atomic E-state index is 0.0557. The van der Waals surface area contributed by atoms with Crippen molar-refractivity contribution >= 4 is 11.6 Å². The van der Waals surface area contributed by atoms with E-state index in [4.69, 9.17) is 16.3 Å². The van der Waals surface area contributed by atoms with Crippen LogP contribution in [0.3, 0.4) is 0 Å². The predicted octanol–water partition coefficient (Wildman–Crippen LogP) is 4.77. The zero-order valence-electron chi connectivity index (χ0n) is 11.5. The van der Waals surface area contributed by atoms with Crippen molar-refractivity contribution in [2.45, 2.75) is 26.4 Å². The van der Waals surface area contributed by atoms with Crippen LogP contribution in [0.4, 0.5) is 4.39 Å². The van der Waals surface area contributed by atoms with E-state index in [1.54, 1.807) is 6.07 Å². The van der Waals surface area contributed by atoms with Gasteiger partial charge in [-0.15, -0.1) is 0 Å². The van der Waals surface area contributed by atoms with E-state index in [2.05, 4.69) is 19.2 Å². The van der Waals surface area contributed by atoms with Crippen LogP contribution in [0, 0.1) is 5.82 Å². The first-order chi connectivity index (χ1) is 9.54. The van der Waals surface area contributed by atoms with Gasteiger partial charge < -0.3 is 10.1 Å². The Bertz CT molecular complexity index is 586. The monoisotopic (exact) mass is 293 g/mol. The summed E-state index contributed by atoms with van der Waals surface area (Å²) in [7, 11) is 0. The number of rotatable bonds is 5. The van der Waals surface area contributed by atoms with Gasteiger partial charge in [0.25, 0.3) is 0 Å². The Morgan fingerprint density at radius 1 is 1.15 bits per heavy atom. The van der Waals surface area contributed by atoms with Crippen LogP contribution in [0.2, 0.25) is 5.02 Å². The lowest BCUT2D eigenvalue weighted by atomic mass is 10.2. The molecule has 2 rings (SSSR count). The summed E-state index contributed by atoms with van der Waals surface area (Å²) in [5.74, 6) is 0.773. The Hall–Kier alpha value is -1.58. The van der Waals surface area contributed by atoms with Crippen LogP contribution in [0.1, 0.15) is 19.4 Å². The van der Waals surface area contributed by atoms with Gasteiger partial charge in [0, 0.05) is 18.7 Å². The average Bonchev–Trinajstić information content (AvgIpc) is 2.41. The van der Waals surface area contributed by atoms with Gasteiger partial charge in [0.15, 0.2) is 0 Å². The largest absolute Gasteiger partial charge is 0.457 e. The van der Waals surface area contributed by atoms with E-state index in [0.29, 0.717) is 17.5 Å². The maximum Gasteiger partial charge on any atom is 0.142 e. The van der Waals surface area contributed by atoms with Crippen molar-refractivity contribution in [1.82, 2.24) is 5.32 Å². The zero-order chi connectivity index (χ0) is 14.5. The van der Waals surface area contributed by atoms with Gasteiger partial charge in [0.05, 0.1) is 5.02 Å². The molecule has 0 aliphatic rings. The molecule has 0 aliphatic heterocycles. The molecule has 0 bridgehead atoms. The maximum atomic E-state index is 13.1. The SMILES string of the molecule is CC(C)NCc1cccc(Oc2ccc(F)c(Cl)c2)c1.